The van der Waals surface area contributed by atoms with Crippen LogP contribution in [-0.4, -0.2) is 6.03 Å². The highest BCUT2D eigenvalue weighted by Crippen LogP contribution is 2.42. The van der Waals surface area contributed by atoms with Crippen LogP contribution in [-0.2, 0) is 6.42 Å². The summed E-state index contributed by atoms with van der Waals surface area (Å²) < 4.78 is 5.68. The number of benzene rings is 1. The molecule has 0 bridgehead atoms. The summed E-state index contributed by atoms with van der Waals surface area (Å²) in [7, 11) is 0. The number of halogens is 2. The molecular formula is C18H20Cl2N2O2. The number of nitrogens with one attached hydrogen (secondary N) is 2. The normalized spacial score (nSPS) is 18.8. The summed E-state index contributed by atoms with van der Waals surface area (Å²) in [6.07, 6.45) is 3.50. The van der Waals surface area contributed by atoms with Gasteiger partial charge in [-0.3, -0.25) is 0 Å². The maximum Gasteiger partial charge on any atom is 0.319 e. The van der Waals surface area contributed by atoms with Gasteiger partial charge in [-0.2, -0.15) is 0 Å². The fourth-order valence-electron chi connectivity index (χ4n) is 3.30. The van der Waals surface area contributed by atoms with Gasteiger partial charge in [-0.15, -0.1) is 0 Å². The predicted octanol–water partition coefficient (Wildman–Crippen LogP) is 5.73. The molecule has 2 amide bonds. The molecule has 2 aromatic rings. The number of anilines is 1. The molecule has 1 heterocycles. The molecule has 0 saturated heterocycles. The van der Waals surface area contributed by atoms with Gasteiger partial charge in [0.1, 0.15) is 5.76 Å². The summed E-state index contributed by atoms with van der Waals surface area (Å²) in [5, 5.41) is 6.72. The first kappa shape index (κ1) is 17.2. The first-order chi connectivity index (χ1) is 11.2. The molecule has 24 heavy (non-hydrogen) atoms. The highest BCUT2D eigenvalue weighted by atomic mass is 35.5. The number of urea groups is 1. The van der Waals surface area contributed by atoms with E-state index in [4.69, 9.17) is 27.6 Å². The van der Waals surface area contributed by atoms with Gasteiger partial charge < -0.3 is 15.1 Å². The summed E-state index contributed by atoms with van der Waals surface area (Å²) in [5.41, 5.74) is 2.83. The zero-order valence-electron chi connectivity index (χ0n) is 13.9. The van der Waals surface area contributed by atoms with Crippen molar-refractivity contribution in [2.75, 3.05) is 5.32 Å². The third-order valence-electron chi connectivity index (χ3n) is 4.33. The van der Waals surface area contributed by atoms with Gasteiger partial charge in [-0.1, -0.05) is 37.0 Å². The molecule has 0 fully saturated rings. The van der Waals surface area contributed by atoms with Crippen molar-refractivity contribution >= 4 is 34.9 Å². The summed E-state index contributed by atoms with van der Waals surface area (Å²) in [5.74, 6) is 0.962. The standard InChI is InChI=1S/C18H20Cl2N2O2/c1-10-9-24-15-8-18(2,3)7-14(16(10)15)22-17(23)21-11-4-5-12(19)13(20)6-11/h4-6,9,14H,7-8H2,1-3H3,(H2,21,22,23). The number of hydrogen-bond acceptors (Lipinski definition) is 2. The molecule has 0 radical (unpaired) electrons. The Morgan fingerprint density at radius 3 is 2.75 bits per heavy atom. The highest BCUT2D eigenvalue weighted by Gasteiger charge is 2.36. The Kier molecular flexibility index (Phi) is 4.54. The van der Waals surface area contributed by atoms with Crippen molar-refractivity contribution in [1.82, 2.24) is 5.32 Å². The summed E-state index contributed by atoms with van der Waals surface area (Å²) in [6, 6.07) is 4.64. The van der Waals surface area contributed by atoms with Crippen molar-refractivity contribution in [2.45, 2.75) is 39.7 Å². The fraction of sp³-hybridized carbons (Fsp3) is 0.389. The first-order valence-electron chi connectivity index (χ1n) is 7.84. The van der Waals surface area contributed by atoms with E-state index >= 15 is 0 Å². The Balaban J connectivity index is 1.76. The molecular weight excluding hydrogens is 347 g/mol. The van der Waals surface area contributed by atoms with Crippen molar-refractivity contribution in [2.24, 2.45) is 5.41 Å². The number of hydrogen-bond donors (Lipinski definition) is 2. The zero-order valence-corrected chi connectivity index (χ0v) is 15.4. The SMILES string of the molecule is Cc1coc2c1C(NC(=O)Nc1ccc(Cl)c(Cl)c1)CC(C)(C)C2. The van der Waals surface area contributed by atoms with Gasteiger partial charge in [0.15, 0.2) is 0 Å². The maximum absolute atomic E-state index is 12.4. The Labute approximate surface area is 151 Å². The maximum atomic E-state index is 12.4. The number of amides is 2. The average molecular weight is 367 g/mol. The summed E-state index contributed by atoms with van der Waals surface area (Å²) in [4.78, 5) is 12.4. The third kappa shape index (κ3) is 3.55. The van der Waals surface area contributed by atoms with E-state index in [1.165, 1.54) is 0 Å². The molecule has 1 aromatic carbocycles. The molecule has 0 saturated carbocycles. The largest absolute Gasteiger partial charge is 0.469 e. The highest BCUT2D eigenvalue weighted by molar-refractivity contribution is 6.42. The number of rotatable bonds is 2. The Hall–Kier alpha value is -1.65. The molecule has 6 heteroatoms. The molecule has 3 rings (SSSR count). The van der Waals surface area contributed by atoms with Gasteiger partial charge in [0.05, 0.1) is 22.4 Å². The van der Waals surface area contributed by atoms with Gasteiger partial charge in [0.25, 0.3) is 0 Å². The van der Waals surface area contributed by atoms with Crippen LogP contribution in [0.4, 0.5) is 10.5 Å². The molecule has 0 spiro atoms. The predicted molar refractivity (Wildman–Crippen MR) is 96.9 cm³/mol. The Morgan fingerprint density at radius 1 is 1.29 bits per heavy atom. The van der Waals surface area contributed by atoms with Crippen LogP contribution in [0.25, 0.3) is 0 Å². The van der Waals surface area contributed by atoms with E-state index in [0.717, 1.165) is 29.7 Å². The Bertz CT molecular complexity index is 783. The van der Waals surface area contributed by atoms with Crippen molar-refractivity contribution in [3.63, 3.8) is 0 Å². The second kappa shape index (κ2) is 6.34. The van der Waals surface area contributed by atoms with Crippen LogP contribution in [0.15, 0.2) is 28.9 Å². The molecule has 2 N–H and O–H groups in total. The summed E-state index contributed by atoms with van der Waals surface area (Å²) in [6.45, 7) is 6.37. The molecule has 1 atom stereocenters. The van der Waals surface area contributed by atoms with Crippen molar-refractivity contribution < 1.29 is 9.21 Å². The molecule has 4 nitrogen and oxygen atoms in total. The lowest BCUT2D eigenvalue weighted by molar-refractivity contribution is 0.222. The monoisotopic (exact) mass is 366 g/mol. The first-order valence-corrected chi connectivity index (χ1v) is 8.60. The van der Waals surface area contributed by atoms with Crippen molar-refractivity contribution in [1.29, 1.82) is 0 Å². The minimum atomic E-state index is -0.275. The van der Waals surface area contributed by atoms with E-state index in [9.17, 15) is 4.79 Å². The quantitative estimate of drug-likeness (QED) is 0.712. The van der Waals surface area contributed by atoms with E-state index in [1.54, 1.807) is 24.5 Å². The van der Waals surface area contributed by atoms with Crippen LogP contribution in [0.5, 0.6) is 0 Å². The van der Waals surface area contributed by atoms with Crippen LogP contribution in [0.2, 0.25) is 10.0 Å². The van der Waals surface area contributed by atoms with Crippen LogP contribution in [0.1, 0.15) is 43.2 Å². The molecule has 1 aliphatic carbocycles. The van der Waals surface area contributed by atoms with Gasteiger partial charge in [-0.05, 0) is 42.5 Å². The summed E-state index contributed by atoms with van der Waals surface area (Å²) >= 11 is 11.9. The fourth-order valence-corrected chi connectivity index (χ4v) is 3.59. The van der Waals surface area contributed by atoms with Crippen LogP contribution >= 0.6 is 23.2 Å². The second-order valence-corrected chi connectivity index (χ2v) is 7.90. The van der Waals surface area contributed by atoms with Crippen LogP contribution in [0.3, 0.4) is 0 Å². The molecule has 0 aliphatic heterocycles. The lowest BCUT2D eigenvalue weighted by Crippen LogP contribution is -2.38. The van der Waals surface area contributed by atoms with Gasteiger partial charge in [0, 0.05) is 17.7 Å². The van der Waals surface area contributed by atoms with Gasteiger partial charge in [0.2, 0.25) is 0 Å². The van der Waals surface area contributed by atoms with E-state index < -0.39 is 0 Å². The number of fused-ring (bicyclic) bond motifs is 1. The Morgan fingerprint density at radius 2 is 2.04 bits per heavy atom. The lowest BCUT2D eigenvalue weighted by Gasteiger charge is -2.35. The molecule has 1 aromatic heterocycles. The van der Waals surface area contributed by atoms with Crippen molar-refractivity contribution in [3.05, 3.63) is 51.4 Å². The second-order valence-electron chi connectivity index (χ2n) is 7.08. The van der Waals surface area contributed by atoms with Gasteiger partial charge in [-0.25, -0.2) is 4.79 Å². The van der Waals surface area contributed by atoms with Crippen LogP contribution < -0.4 is 10.6 Å². The molecule has 128 valence electrons. The zero-order chi connectivity index (χ0) is 17.5. The number of furan rings is 1. The topological polar surface area (TPSA) is 54.3 Å². The lowest BCUT2D eigenvalue weighted by atomic mass is 9.74. The molecule has 1 aliphatic rings. The van der Waals surface area contributed by atoms with E-state index in [1.807, 2.05) is 6.92 Å². The number of carbonyl (C=O) groups is 1. The van der Waals surface area contributed by atoms with E-state index in [2.05, 4.69) is 24.5 Å². The van der Waals surface area contributed by atoms with Crippen molar-refractivity contribution in [3.8, 4) is 0 Å². The minimum absolute atomic E-state index is 0.0683. The average Bonchev–Trinajstić information content (AvgIpc) is 2.82. The number of carbonyl (C=O) groups excluding carboxylic acids is 1. The van der Waals surface area contributed by atoms with Gasteiger partial charge >= 0.3 is 6.03 Å². The van der Waals surface area contributed by atoms with E-state index in [0.29, 0.717) is 15.7 Å². The van der Waals surface area contributed by atoms with Crippen LogP contribution in [0, 0.1) is 12.3 Å². The third-order valence-corrected chi connectivity index (χ3v) is 5.07. The van der Waals surface area contributed by atoms with E-state index in [-0.39, 0.29) is 17.5 Å². The molecule has 1 unspecified atom stereocenters. The smallest absolute Gasteiger partial charge is 0.319 e. The minimum Gasteiger partial charge on any atom is -0.469 e. The number of aryl methyl sites for hydroxylation is 1.